The first-order chi connectivity index (χ1) is 7.85. The zero-order valence-corrected chi connectivity index (χ0v) is 13.0. The quantitative estimate of drug-likeness (QED) is 0.681. The van der Waals surface area contributed by atoms with E-state index in [1.54, 1.807) is 0 Å². The summed E-state index contributed by atoms with van der Waals surface area (Å²) in [5, 5.41) is 0.235. The summed E-state index contributed by atoms with van der Waals surface area (Å²) in [6, 6.07) is 0. The van der Waals surface area contributed by atoms with E-state index in [2.05, 4.69) is 31.9 Å². The number of hydrogen-bond acceptors (Lipinski definition) is 5. The molecule has 0 saturated heterocycles. The fourth-order valence-electron chi connectivity index (χ4n) is 1.68. The monoisotopic (exact) mass is 399 g/mol. The largest absolute Gasteiger partial charge is 0.440 e. The van der Waals surface area contributed by atoms with Crippen molar-refractivity contribution in [2.75, 3.05) is 7.05 Å². The van der Waals surface area contributed by atoms with E-state index in [1.807, 2.05) is 0 Å². The van der Waals surface area contributed by atoms with E-state index in [0.717, 1.165) is 0 Å². The zero-order valence-electron chi connectivity index (χ0n) is 8.15. The van der Waals surface area contributed by atoms with Crippen molar-refractivity contribution in [2.45, 2.75) is 5.09 Å². The van der Waals surface area contributed by atoms with Gasteiger partial charge in [-0.25, -0.2) is 4.31 Å². The molecule has 9 heteroatoms. The third-order valence-corrected chi connectivity index (χ3v) is 6.64. The van der Waals surface area contributed by atoms with Gasteiger partial charge in [0.2, 0.25) is 0 Å². The van der Waals surface area contributed by atoms with E-state index < -0.39 is 15.9 Å². The van der Waals surface area contributed by atoms with Crippen molar-refractivity contribution in [3.05, 3.63) is 13.1 Å². The lowest BCUT2D eigenvalue weighted by Crippen LogP contribution is -2.25. The molecule has 0 unspecified atom stereocenters. The molecule has 17 heavy (non-hydrogen) atoms. The zero-order chi connectivity index (χ0) is 12.5. The van der Waals surface area contributed by atoms with E-state index >= 15 is 0 Å². The minimum absolute atomic E-state index is 0.108. The summed E-state index contributed by atoms with van der Waals surface area (Å²) in [5.74, 6) is -0.565. The Balaban J connectivity index is 2.55. The Hall–Kier alpha value is -0.380. The van der Waals surface area contributed by atoms with Crippen LogP contribution >= 0.6 is 43.2 Å². The maximum Gasteiger partial charge on any atom is 0.300 e. The molecule has 0 bridgehead atoms. The average molecular weight is 401 g/mol. The molecule has 2 aromatic rings. The minimum Gasteiger partial charge on any atom is -0.440 e. The molecule has 2 aromatic heterocycles. The van der Waals surface area contributed by atoms with Crippen LogP contribution in [0.15, 0.2) is 17.1 Å². The molecule has 0 aliphatic carbocycles. The molecular formula is C8H3Br2NO4S2. The predicted molar refractivity (Wildman–Crippen MR) is 68.8 cm³/mol. The molecular weight excluding hydrogens is 398 g/mol. The van der Waals surface area contributed by atoms with Gasteiger partial charge in [0.1, 0.15) is 9.35 Å². The molecule has 5 nitrogen and oxygen atoms in total. The van der Waals surface area contributed by atoms with Crippen molar-refractivity contribution >= 4 is 70.1 Å². The number of nitrogens with zero attached hydrogens (tertiary/aromatic N) is 1. The van der Waals surface area contributed by atoms with Crippen molar-refractivity contribution < 1.29 is 17.6 Å². The normalized spacial score (nSPS) is 18.1. The van der Waals surface area contributed by atoms with E-state index in [9.17, 15) is 13.2 Å². The average Bonchev–Trinajstić information content (AvgIpc) is 2.81. The Kier molecular flexibility index (Phi) is 2.30. The number of hydrogen-bond donors (Lipinski definition) is 0. The van der Waals surface area contributed by atoms with Gasteiger partial charge in [-0.1, -0.05) is 0 Å². The molecule has 1 aliphatic rings. The van der Waals surface area contributed by atoms with Gasteiger partial charge < -0.3 is 4.42 Å². The number of sulfonamides is 1. The fourth-order valence-corrected chi connectivity index (χ4v) is 5.84. The van der Waals surface area contributed by atoms with Crippen LogP contribution < -0.4 is 0 Å². The molecule has 0 atom stereocenters. The minimum atomic E-state index is -3.82. The van der Waals surface area contributed by atoms with Crippen LogP contribution in [0, 0.1) is 0 Å². The Morgan fingerprint density at radius 3 is 2.59 bits per heavy atom. The lowest BCUT2D eigenvalue weighted by Gasteiger charge is -2.05. The summed E-state index contributed by atoms with van der Waals surface area (Å²) in [6.45, 7) is 0. The summed E-state index contributed by atoms with van der Waals surface area (Å²) < 4.78 is 31.1. The summed E-state index contributed by atoms with van der Waals surface area (Å²) >= 11 is 7.90. The highest BCUT2D eigenvalue weighted by Gasteiger charge is 2.45. The first kappa shape index (κ1) is 11.7. The molecule has 0 fully saturated rings. The van der Waals surface area contributed by atoms with Gasteiger partial charge >= 0.3 is 10.0 Å². The van der Waals surface area contributed by atoms with Gasteiger partial charge in [-0.15, -0.1) is 11.3 Å². The van der Waals surface area contributed by atoms with E-state index in [1.165, 1.54) is 18.4 Å². The highest BCUT2D eigenvalue weighted by Crippen LogP contribution is 2.47. The second-order valence-electron chi connectivity index (χ2n) is 3.40. The van der Waals surface area contributed by atoms with Crippen molar-refractivity contribution in [1.29, 1.82) is 0 Å². The van der Waals surface area contributed by atoms with Crippen LogP contribution in [-0.2, 0) is 10.0 Å². The van der Waals surface area contributed by atoms with E-state index in [4.69, 9.17) is 4.42 Å². The lowest BCUT2D eigenvalue weighted by atomic mass is 10.2. The first-order valence-electron chi connectivity index (χ1n) is 4.29. The summed E-state index contributed by atoms with van der Waals surface area (Å²) in [7, 11) is -2.60. The van der Waals surface area contributed by atoms with Crippen molar-refractivity contribution in [2.24, 2.45) is 0 Å². The van der Waals surface area contributed by atoms with Crippen LogP contribution in [-0.4, -0.2) is 25.7 Å². The van der Waals surface area contributed by atoms with Gasteiger partial charge in [0.25, 0.3) is 11.0 Å². The topological polar surface area (TPSA) is 67.6 Å². The summed E-state index contributed by atoms with van der Waals surface area (Å²) in [5.41, 5.74) is 0.494. The van der Waals surface area contributed by atoms with Crippen molar-refractivity contribution in [3.63, 3.8) is 0 Å². The van der Waals surface area contributed by atoms with Gasteiger partial charge in [-0.05, 0) is 31.9 Å². The Bertz CT molecular complexity index is 773. The van der Waals surface area contributed by atoms with Crippen molar-refractivity contribution in [1.82, 2.24) is 4.31 Å². The third kappa shape index (κ3) is 1.28. The Morgan fingerprint density at radius 1 is 1.29 bits per heavy atom. The van der Waals surface area contributed by atoms with Crippen LogP contribution in [0.4, 0.5) is 0 Å². The second-order valence-corrected chi connectivity index (χ2v) is 8.92. The highest BCUT2D eigenvalue weighted by molar-refractivity contribution is 9.12. The molecule has 0 saturated carbocycles. The fraction of sp³-hybridized carbons (Fsp3) is 0.125. The van der Waals surface area contributed by atoms with Gasteiger partial charge in [0.15, 0.2) is 5.58 Å². The van der Waals surface area contributed by atoms with Gasteiger partial charge in [0, 0.05) is 7.05 Å². The molecule has 0 N–H and O–H groups in total. The predicted octanol–water partition coefficient (Wildman–Crippen LogP) is 2.79. The number of amides is 1. The molecule has 3 heterocycles. The molecule has 0 radical (unpaired) electrons. The van der Waals surface area contributed by atoms with Crippen LogP contribution in [0.1, 0.15) is 10.4 Å². The number of carbonyl (C=O) groups excluding carboxylic acids is 1. The Labute approximate surface area is 117 Å². The summed E-state index contributed by atoms with van der Waals surface area (Å²) in [4.78, 5) is 11.9. The lowest BCUT2D eigenvalue weighted by molar-refractivity contribution is 0.0893. The number of carbonyl (C=O) groups is 1. The third-order valence-electron chi connectivity index (χ3n) is 2.52. The van der Waals surface area contributed by atoms with Gasteiger partial charge in [-0.2, -0.15) is 8.42 Å². The first-order valence-corrected chi connectivity index (χ1v) is 8.13. The van der Waals surface area contributed by atoms with Crippen LogP contribution in [0.2, 0.25) is 0 Å². The number of halogens is 2. The number of thiophene rings is 1. The molecule has 90 valence electrons. The van der Waals surface area contributed by atoms with Crippen molar-refractivity contribution in [3.8, 4) is 0 Å². The standard InChI is InChI=1S/C8H3Br2NO4S2/c1-11-7(12)3-2-4(6(10)16-5(2)9)15-8(3)17(11,13)14/h1H3. The SMILES string of the molecule is CN1C(=O)c2c(oc3c(Br)sc(Br)c23)S1(=O)=O. The summed E-state index contributed by atoms with van der Waals surface area (Å²) in [6.07, 6.45) is 0. The van der Waals surface area contributed by atoms with Crippen LogP contribution in [0.25, 0.3) is 11.0 Å². The highest BCUT2D eigenvalue weighted by atomic mass is 79.9. The molecule has 0 aromatic carbocycles. The molecule has 3 rings (SSSR count). The van der Waals surface area contributed by atoms with Gasteiger partial charge in [0.05, 0.1) is 9.17 Å². The molecule has 1 amide bonds. The molecule has 1 aliphatic heterocycles. The Morgan fingerprint density at radius 2 is 1.94 bits per heavy atom. The van der Waals surface area contributed by atoms with E-state index in [0.29, 0.717) is 22.8 Å². The smallest absolute Gasteiger partial charge is 0.300 e. The van der Waals surface area contributed by atoms with E-state index in [-0.39, 0.29) is 10.7 Å². The van der Waals surface area contributed by atoms with Crippen LogP contribution in [0.5, 0.6) is 0 Å². The maximum atomic E-state index is 11.9. The number of furan rings is 1. The number of fused-ring (bicyclic) bond motifs is 3. The number of rotatable bonds is 0. The maximum absolute atomic E-state index is 11.9. The molecule has 0 spiro atoms. The van der Waals surface area contributed by atoms with Crippen LogP contribution in [0.3, 0.4) is 0 Å². The second kappa shape index (κ2) is 3.34. The van der Waals surface area contributed by atoms with Gasteiger partial charge in [-0.3, -0.25) is 4.79 Å².